The predicted molar refractivity (Wildman–Crippen MR) is 68.9 cm³/mol. The van der Waals surface area contributed by atoms with E-state index in [2.05, 4.69) is 10.2 Å². The van der Waals surface area contributed by atoms with Crippen LogP contribution in [0.4, 0.5) is 0 Å². The second-order valence-corrected chi connectivity index (χ2v) is 4.46. The van der Waals surface area contributed by atoms with Crippen LogP contribution in [0.1, 0.15) is 0 Å². The summed E-state index contributed by atoms with van der Waals surface area (Å²) in [5.74, 6) is 1.96. The maximum Gasteiger partial charge on any atom is 0.276 e. The first-order valence-electron chi connectivity index (χ1n) is 5.43. The molecule has 0 aliphatic heterocycles. The Kier molecular flexibility index (Phi) is 4.60. The molecule has 0 saturated heterocycles. The number of hydrogen-bond donors (Lipinski definition) is 0. The average Bonchev–Trinajstić information content (AvgIpc) is 2.88. The van der Waals surface area contributed by atoms with Crippen molar-refractivity contribution in [3.05, 3.63) is 24.3 Å². The number of ether oxygens (including phenoxy) is 2. The topological polar surface area (TPSA) is 57.4 Å². The summed E-state index contributed by atoms with van der Waals surface area (Å²) in [5.41, 5.74) is 0.797. The monoisotopic (exact) mass is 266 g/mol. The molecule has 1 heterocycles. The fraction of sp³-hybridized carbons (Fsp3) is 0.333. The summed E-state index contributed by atoms with van der Waals surface area (Å²) >= 11 is 1.47. The van der Waals surface area contributed by atoms with E-state index >= 15 is 0 Å². The molecule has 0 bridgehead atoms. The first-order valence-corrected chi connectivity index (χ1v) is 6.42. The van der Waals surface area contributed by atoms with E-state index in [1.807, 2.05) is 24.3 Å². The number of hydrogen-bond acceptors (Lipinski definition) is 6. The zero-order chi connectivity index (χ0) is 12.8. The van der Waals surface area contributed by atoms with Crippen molar-refractivity contribution < 1.29 is 13.9 Å². The molecule has 0 spiro atoms. The maximum atomic E-state index is 5.56. The average molecular weight is 266 g/mol. The third-order valence-electron chi connectivity index (χ3n) is 2.26. The van der Waals surface area contributed by atoms with Crippen molar-refractivity contribution in [3.8, 4) is 17.2 Å². The summed E-state index contributed by atoms with van der Waals surface area (Å²) in [5, 5.41) is 8.53. The Hall–Kier alpha value is -1.53. The molecule has 5 nitrogen and oxygen atoms in total. The van der Waals surface area contributed by atoms with Crippen LogP contribution in [-0.4, -0.2) is 36.8 Å². The maximum absolute atomic E-state index is 5.56. The van der Waals surface area contributed by atoms with E-state index in [0.29, 0.717) is 17.7 Å². The van der Waals surface area contributed by atoms with Crippen LogP contribution in [0.15, 0.2) is 33.9 Å². The lowest BCUT2D eigenvalue weighted by Crippen LogP contribution is -1.90. The van der Waals surface area contributed by atoms with Gasteiger partial charge in [-0.05, 0) is 12.1 Å². The van der Waals surface area contributed by atoms with Gasteiger partial charge in [0.25, 0.3) is 11.1 Å². The highest BCUT2D eigenvalue weighted by Gasteiger charge is 2.12. The summed E-state index contributed by atoms with van der Waals surface area (Å²) in [6.07, 6.45) is 0. The number of methoxy groups -OCH3 is 2. The molecule has 0 saturated carbocycles. The lowest BCUT2D eigenvalue weighted by atomic mass is 10.2. The highest BCUT2D eigenvalue weighted by atomic mass is 32.2. The van der Waals surface area contributed by atoms with Crippen LogP contribution in [0.2, 0.25) is 0 Å². The van der Waals surface area contributed by atoms with Gasteiger partial charge in [0.15, 0.2) is 0 Å². The van der Waals surface area contributed by atoms with Crippen molar-refractivity contribution in [3.63, 3.8) is 0 Å². The van der Waals surface area contributed by atoms with E-state index < -0.39 is 0 Å². The highest BCUT2D eigenvalue weighted by Crippen LogP contribution is 2.30. The standard InChI is InChI=1S/C12H14N2O3S/c1-15-7-8-18-12-14-13-11(17-12)9-5-3-4-6-10(9)16-2/h3-6H,7-8H2,1-2H3. The number of para-hydroxylation sites is 1. The van der Waals surface area contributed by atoms with Gasteiger partial charge in [-0.2, -0.15) is 0 Å². The summed E-state index contributed by atoms with van der Waals surface area (Å²) < 4.78 is 15.8. The Bertz CT molecular complexity index is 502. The largest absolute Gasteiger partial charge is 0.496 e. The lowest BCUT2D eigenvalue weighted by molar-refractivity contribution is 0.218. The molecular formula is C12H14N2O3S. The van der Waals surface area contributed by atoms with E-state index in [4.69, 9.17) is 13.9 Å². The van der Waals surface area contributed by atoms with Crippen LogP contribution in [0.25, 0.3) is 11.5 Å². The van der Waals surface area contributed by atoms with Crippen molar-refractivity contribution in [2.75, 3.05) is 26.6 Å². The molecule has 0 amide bonds. The first-order chi connectivity index (χ1) is 8.85. The Morgan fingerprint density at radius 3 is 2.83 bits per heavy atom. The summed E-state index contributed by atoms with van der Waals surface area (Å²) in [4.78, 5) is 0. The SMILES string of the molecule is COCCSc1nnc(-c2ccccc2OC)o1. The summed E-state index contributed by atoms with van der Waals surface area (Å²) in [6.45, 7) is 0.650. The van der Waals surface area contributed by atoms with Gasteiger partial charge >= 0.3 is 0 Å². The molecule has 6 heteroatoms. The van der Waals surface area contributed by atoms with E-state index in [1.54, 1.807) is 14.2 Å². The van der Waals surface area contributed by atoms with Crippen molar-refractivity contribution in [2.24, 2.45) is 0 Å². The van der Waals surface area contributed by atoms with Gasteiger partial charge in [0, 0.05) is 12.9 Å². The quantitative estimate of drug-likeness (QED) is 0.591. The van der Waals surface area contributed by atoms with Gasteiger partial charge < -0.3 is 13.9 Å². The minimum absolute atomic E-state index is 0.465. The highest BCUT2D eigenvalue weighted by molar-refractivity contribution is 7.99. The van der Waals surface area contributed by atoms with E-state index in [-0.39, 0.29) is 0 Å². The predicted octanol–water partition coefficient (Wildman–Crippen LogP) is 2.48. The third kappa shape index (κ3) is 3.02. The fourth-order valence-corrected chi connectivity index (χ4v) is 2.07. The normalized spacial score (nSPS) is 10.6. The number of aromatic nitrogens is 2. The van der Waals surface area contributed by atoms with Crippen LogP contribution in [-0.2, 0) is 4.74 Å². The Labute approximate surface area is 110 Å². The molecule has 18 heavy (non-hydrogen) atoms. The fourth-order valence-electron chi connectivity index (χ4n) is 1.41. The Morgan fingerprint density at radius 1 is 1.22 bits per heavy atom. The molecule has 0 aliphatic carbocycles. The van der Waals surface area contributed by atoms with E-state index in [1.165, 1.54) is 11.8 Å². The molecule has 0 unspecified atom stereocenters. The molecule has 0 atom stereocenters. The molecule has 1 aromatic heterocycles. The van der Waals surface area contributed by atoms with Crippen LogP contribution < -0.4 is 4.74 Å². The molecule has 1 aromatic carbocycles. The van der Waals surface area contributed by atoms with Gasteiger partial charge in [-0.1, -0.05) is 23.9 Å². The molecule has 96 valence electrons. The van der Waals surface area contributed by atoms with Crippen LogP contribution in [0.3, 0.4) is 0 Å². The van der Waals surface area contributed by atoms with Gasteiger partial charge in [-0.3, -0.25) is 0 Å². The van der Waals surface area contributed by atoms with Gasteiger partial charge in [-0.25, -0.2) is 0 Å². The number of benzene rings is 1. The van der Waals surface area contributed by atoms with Crippen LogP contribution in [0.5, 0.6) is 5.75 Å². The molecule has 0 radical (unpaired) electrons. The summed E-state index contributed by atoms with van der Waals surface area (Å²) in [6, 6.07) is 7.54. The van der Waals surface area contributed by atoms with Gasteiger partial charge in [0.2, 0.25) is 0 Å². The van der Waals surface area contributed by atoms with Gasteiger partial charge in [0.1, 0.15) is 5.75 Å². The minimum atomic E-state index is 0.465. The third-order valence-corrected chi connectivity index (χ3v) is 3.04. The van der Waals surface area contributed by atoms with E-state index in [9.17, 15) is 0 Å². The van der Waals surface area contributed by atoms with Crippen LogP contribution in [0, 0.1) is 0 Å². The summed E-state index contributed by atoms with van der Waals surface area (Å²) in [7, 11) is 3.28. The zero-order valence-electron chi connectivity index (χ0n) is 10.3. The van der Waals surface area contributed by atoms with E-state index in [0.717, 1.165) is 17.1 Å². The van der Waals surface area contributed by atoms with Crippen molar-refractivity contribution in [1.29, 1.82) is 0 Å². The van der Waals surface area contributed by atoms with Gasteiger partial charge in [0.05, 0.1) is 19.3 Å². The molecule has 2 aromatic rings. The van der Waals surface area contributed by atoms with Crippen LogP contribution >= 0.6 is 11.8 Å². The molecule has 0 N–H and O–H groups in total. The minimum Gasteiger partial charge on any atom is -0.496 e. The molecule has 2 rings (SSSR count). The number of nitrogens with zero attached hydrogens (tertiary/aromatic N) is 2. The van der Waals surface area contributed by atoms with Crippen molar-refractivity contribution in [1.82, 2.24) is 10.2 Å². The lowest BCUT2D eigenvalue weighted by Gasteiger charge is -2.03. The van der Waals surface area contributed by atoms with Crippen molar-refractivity contribution >= 4 is 11.8 Å². The second-order valence-electron chi connectivity index (χ2n) is 3.41. The first kappa shape index (κ1) is 12.9. The molecule has 0 fully saturated rings. The Morgan fingerprint density at radius 2 is 2.06 bits per heavy atom. The zero-order valence-corrected chi connectivity index (χ0v) is 11.1. The second kappa shape index (κ2) is 6.42. The van der Waals surface area contributed by atoms with Gasteiger partial charge in [-0.15, -0.1) is 10.2 Å². The molecular weight excluding hydrogens is 252 g/mol. The smallest absolute Gasteiger partial charge is 0.276 e. The molecule has 0 aliphatic rings. The number of thioether (sulfide) groups is 1. The number of rotatable bonds is 6. The van der Waals surface area contributed by atoms with Crippen molar-refractivity contribution in [2.45, 2.75) is 5.22 Å². The Balaban J connectivity index is 2.13.